The number of alkyl halides is 2. The van der Waals surface area contributed by atoms with Crippen LogP contribution in [0.1, 0.15) is 24.6 Å². The third-order valence-corrected chi connectivity index (χ3v) is 3.25. The number of imidazole rings is 1. The summed E-state index contributed by atoms with van der Waals surface area (Å²) in [5.74, 6) is 0.153. The first-order chi connectivity index (χ1) is 9.74. The third kappa shape index (κ3) is 2.89. The van der Waals surface area contributed by atoms with Gasteiger partial charge in [-0.25, -0.2) is 4.98 Å². The lowest BCUT2D eigenvalue weighted by molar-refractivity contribution is -0.0493. The van der Waals surface area contributed by atoms with Crippen LogP contribution in [0.15, 0.2) is 36.8 Å². The molecule has 0 atom stereocenters. The van der Waals surface area contributed by atoms with Crippen molar-refractivity contribution in [1.82, 2.24) is 9.55 Å². The fraction of sp³-hybridized carbons (Fsp3) is 0.357. The van der Waals surface area contributed by atoms with E-state index >= 15 is 0 Å². The van der Waals surface area contributed by atoms with Gasteiger partial charge in [-0.1, -0.05) is 12.1 Å². The molecule has 0 unspecified atom stereocenters. The summed E-state index contributed by atoms with van der Waals surface area (Å²) in [6.07, 6.45) is 5.96. The van der Waals surface area contributed by atoms with Gasteiger partial charge in [0.2, 0.25) is 0 Å². The lowest BCUT2D eigenvalue weighted by atomic mass is 10.3. The fourth-order valence-corrected chi connectivity index (χ4v) is 2.15. The summed E-state index contributed by atoms with van der Waals surface area (Å²) in [5.41, 5.74) is 1.59. The molecule has 20 heavy (non-hydrogen) atoms. The van der Waals surface area contributed by atoms with Gasteiger partial charge in [0.15, 0.2) is 0 Å². The quantitative estimate of drug-likeness (QED) is 0.880. The van der Waals surface area contributed by atoms with Gasteiger partial charge in [0, 0.05) is 12.2 Å². The highest BCUT2D eigenvalue weighted by atomic mass is 19.3. The SMILES string of the molecule is FC(F)Oc1ccccc1NCc1cncn1C1CC1. The smallest absolute Gasteiger partial charge is 0.387 e. The van der Waals surface area contributed by atoms with Crippen LogP contribution >= 0.6 is 0 Å². The highest BCUT2D eigenvalue weighted by Crippen LogP contribution is 2.36. The summed E-state index contributed by atoms with van der Waals surface area (Å²) in [6.45, 7) is -2.30. The minimum atomic E-state index is -2.82. The Hall–Kier alpha value is -2.11. The first-order valence-corrected chi connectivity index (χ1v) is 6.52. The molecular formula is C14H15F2N3O. The third-order valence-electron chi connectivity index (χ3n) is 3.25. The minimum Gasteiger partial charge on any atom is -0.433 e. The van der Waals surface area contributed by atoms with Gasteiger partial charge >= 0.3 is 6.61 Å². The number of nitrogens with zero attached hydrogens (tertiary/aromatic N) is 2. The molecule has 0 amide bonds. The number of nitrogens with one attached hydrogen (secondary N) is 1. The van der Waals surface area contributed by atoms with Gasteiger partial charge in [0.05, 0.1) is 24.3 Å². The zero-order chi connectivity index (χ0) is 13.9. The summed E-state index contributed by atoms with van der Waals surface area (Å²) in [7, 11) is 0. The molecule has 2 aromatic rings. The maximum Gasteiger partial charge on any atom is 0.387 e. The lowest BCUT2D eigenvalue weighted by Gasteiger charge is -2.13. The molecule has 1 heterocycles. The topological polar surface area (TPSA) is 39.1 Å². The Kier molecular flexibility index (Phi) is 3.54. The second kappa shape index (κ2) is 5.48. The van der Waals surface area contributed by atoms with E-state index in [4.69, 9.17) is 0 Å². The zero-order valence-electron chi connectivity index (χ0n) is 10.8. The van der Waals surface area contributed by atoms with Gasteiger partial charge < -0.3 is 14.6 Å². The number of hydrogen-bond acceptors (Lipinski definition) is 3. The Balaban J connectivity index is 1.70. The molecule has 1 aliphatic carbocycles. The largest absolute Gasteiger partial charge is 0.433 e. The molecule has 1 aromatic heterocycles. The molecule has 1 fully saturated rings. The Morgan fingerprint density at radius 3 is 2.90 bits per heavy atom. The molecule has 0 radical (unpaired) electrons. The second-order valence-electron chi connectivity index (χ2n) is 4.75. The lowest BCUT2D eigenvalue weighted by Crippen LogP contribution is -2.08. The maximum atomic E-state index is 12.3. The van der Waals surface area contributed by atoms with E-state index in [9.17, 15) is 8.78 Å². The van der Waals surface area contributed by atoms with Gasteiger partial charge in [-0.05, 0) is 25.0 Å². The zero-order valence-corrected chi connectivity index (χ0v) is 10.8. The molecule has 0 bridgehead atoms. The average molecular weight is 279 g/mol. The van der Waals surface area contributed by atoms with Gasteiger partial charge in [0.1, 0.15) is 5.75 Å². The highest BCUT2D eigenvalue weighted by molar-refractivity contribution is 5.56. The first kappa shape index (κ1) is 12.9. The molecule has 1 aliphatic rings. The Bertz CT molecular complexity index is 581. The number of hydrogen-bond donors (Lipinski definition) is 1. The maximum absolute atomic E-state index is 12.3. The molecule has 1 N–H and O–H groups in total. The molecule has 3 rings (SSSR count). The van der Waals surface area contributed by atoms with Crippen LogP contribution in [0.25, 0.3) is 0 Å². The van der Waals surface area contributed by atoms with Crippen molar-refractivity contribution in [3.63, 3.8) is 0 Å². The van der Waals surface area contributed by atoms with Crippen LogP contribution in [0.5, 0.6) is 5.75 Å². The summed E-state index contributed by atoms with van der Waals surface area (Å²) >= 11 is 0. The van der Waals surface area contributed by atoms with Crippen molar-refractivity contribution in [1.29, 1.82) is 0 Å². The molecule has 106 valence electrons. The monoisotopic (exact) mass is 279 g/mol. The molecule has 6 heteroatoms. The molecular weight excluding hydrogens is 264 g/mol. The van der Waals surface area contributed by atoms with Crippen molar-refractivity contribution in [3.05, 3.63) is 42.5 Å². The number of benzene rings is 1. The first-order valence-electron chi connectivity index (χ1n) is 6.52. The number of para-hydroxylation sites is 2. The fourth-order valence-electron chi connectivity index (χ4n) is 2.15. The van der Waals surface area contributed by atoms with Gasteiger partial charge in [-0.2, -0.15) is 8.78 Å². The number of anilines is 1. The molecule has 0 spiro atoms. The summed E-state index contributed by atoms with van der Waals surface area (Å²) in [4.78, 5) is 4.14. The summed E-state index contributed by atoms with van der Waals surface area (Å²) in [5, 5.41) is 3.12. The van der Waals surface area contributed by atoms with Crippen molar-refractivity contribution in [2.75, 3.05) is 5.32 Å². The standard InChI is InChI=1S/C14H15F2N3O/c15-14(16)20-13-4-2-1-3-12(13)18-8-11-7-17-9-19(11)10-5-6-10/h1-4,7,9-10,14,18H,5-6,8H2. The number of aromatic nitrogens is 2. The molecule has 0 saturated heterocycles. The van der Waals surface area contributed by atoms with E-state index in [0.29, 0.717) is 18.3 Å². The molecule has 1 aromatic carbocycles. The number of halogens is 2. The van der Waals surface area contributed by atoms with Crippen LogP contribution in [0, 0.1) is 0 Å². The Morgan fingerprint density at radius 2 is 2.15 bits per heavy atom. The van der Waals surface area contributed by atoms with Gasteiger partial charge in [-0.3, -0.25) is 0 Å². The van der Waals surface area contributed by atoms with E-state index in [1.165, 1.54) is 18.9 Å². The summed E-state index contributed by atoms with van der Waals surface area (Å²) in [6, 6.07) is 7.22. The van der Waals surface area contributed by atoms with E-state index in [-0.39, 0.29) is 5.75 Å². The molecule has 4 nitrogen and oxygen atoms in total. The van der Waals surface area contributed by atoms with Crippen LogP contribution in [0.3, 0.4) is 0 Å². The van der Waals surface area contributed by atoms with Crippen molar-refractivity contribution in [2.45, 2.75) is 32.0 Å². The van der Waals surface area contributed by atoms with Crippen LogP contribution in [-0.4, -0.2) is 16.2 Å². The van der Waals surface area contributed by atoms with Crippen LogP contribution in [0.4, 0.5) is 14.5 Å². The predicted molar refractivity (Wildman–Crippen MR) is 70.9 cm³/mol. The van der Waals surface area contributed by atoms with E-state index in [0.717, 1.165) is 5.69 Å². The van der Waals surface area contributed by atoms with Gasteiger partial charge in [-0.15, -0.1) is 0 Å². The predicted octanol–water partition coefficient (Wildman–Crippen LogP) is 3.43. The van der Waals surface area contributed by atoms with Crippen LogP contribution < -0.4 is 10.1 Å². The van der Waals surface area contributed by atoms with Crippen molar-refractivity contribution in [2.24, 2.45) is 0 Å². The number of rotatable bonds is 6. The van der Waals surface area contributed by atoms with Gasteiger partial charge in [0.25, 0.3) is 0 Å². The highest BCUT2D eigenvalue weighted by Gasteiger charge is 2.25. The van der Waals surface area contributed by atoms with Crippen molar-refractivity contribution < 1.29 is 13.5 Å². The summed E-state index contributed by atoms with van der Waals surface area (Å²) < 4.78 is 31.3. The van der Waals surface area contributed by atoms with Crippen LogP contribution in [-0.2, 0) is 6.54 Å². The van der Waals surface area contributed by atoms with E-state index in [1.54, 1.807) is 24.4 Å². The Labute approximate surface area is 115 Å². The average Bonchev–Trinajstić information content (AvgIpc) is 3.16. The second-order valence-corrected chi connectivity index (χ2v) is 4.75. The van der Waals surface area contributed by atoms with E-state index in [2.05, 4.69) is 19.6 Å². The minimum absolute atomic E-state index is 0.153. The van der Waals surface area contributed by atoms with Crippen molar-refractivity contribution in [3.8, 4) is 5.75 Å². The Morgan fingerprint density at radius 1 is 1.35 bits per heavy atom. The molecule has 1 saturated carbocycles. The molecule has 0 aliphatic heterocycles. The van der Waals surface area contributed by atoms with Crippen molar-refractivity contribution >= 4 is 5.69 Å². The van der Waals surface area contributed by atoms with Crippen LogP contribution in [0.2, 0.25) is 0 Å². The van der Waals surface area contributed by atoms with E-state index < -0.39 is 6.61 Å². The number of ether oxygens (including phenoxy) is 1. The normalized spacial score (nSPS) is 14.6. The van der Waals surface area contributed by atoms with E-state index in [1.807, 2.05) is 6.33 Å².